The van der Waals surface area contributed by atoms with Gasteiger partial charge >= 0.3 is 6.03 Å². The smallest absolute Gasteiger partial charge is 0.328 e. The predicted molar refractivity (Wildman–Crippen MR) is 102 cm³/mol. The van der Waals surface area contributed by atoms with Crippen LogP contribution in [0, 0.1) is 0 Å². The number of carbonyl (C=O) groups is 2. The van der Waals surface area contributed by atoms with Gasteiger partial charge in [-0.3, -0.25) is 15.0 Å². The van der Waals surface area contributed by atoms with Crippen molar-refractivity contribution in [2.45, 2.75) is 31.4 Å². The van der Waals surface area contributed by atoms with Crippen molar-refractivity contribution in [1.29, 1.82) is 0 Å². The van der Waals surface area contributed by atoms with Gasteiger partial charge in [-0.05, 0) is 24.6 Å². The van der Waals surface area contributed by atoms with Crippen LogP contribution in [-0.4, -0.2) is 64.4 Å². The van der Waals surface area contributed by atoms with Crippen molar-refractivity contribution in [3.8, 4) is 0 Å². The van der Waals surface area contributed by atoms with Crippen LogP contribution in [0.15, 0.2) is 48.1 Å². The van der Waals surface area contributed by atoms with E-state index in [4.69, 9.17) is 0 Å². The van der Waals surface area contributed by atoms with E-state index in [1.54, 1.807) is 41.4 Å². The number of anilines is 1. The Balaban J connectivity index is 1.53. The fourth-order valence-corrected chi connectivity index (χ4v) is 3.72. The largest absolute Gasteiger partial charge is 0.366 e. The highest BCUT2D eigenvalue weighted by Gasteiger charge is 2.42. The maximum atomic E-state index is 13.1. The standard InChI is InChI=1S/C19H22F2N6O2/c1-19(20,21)11-23-17(28)13-5-6-14-16(24-13)27(12-7-9-26(14)10-12)18(29)25-15-4-2-3-8-22-15/h2-6,8,12-13,24H,7,9-11H2,1H3,(H,23,28)(H,22,25,29)/t12-,13?/m0/s1. The van der Waals surface area contributed by atoms with Gasteiger partial charge in [-0.2, -0.15) is 0 Å². The minimum Gasteiger partial charge on any atom is -0.366 e. The number of aromatic nitrogens is 1. The summed E-state index contributed by atoms with van der Waals surface area (Å²) in [6, 6.07) is 3.95. The number of pyridine rings is 1. The highest BCUT2D eigenvalue weighted by molar-refractivity contribution is 5.91. The highest BCUT2D eigenvalue weighted by Crippen LogP contribution is 2.33. The number of hydrogen-bond donors (Lipinski definition) is 3. The molecular weight excluding hydrogens is 382 g/mol. The second-order valence-electron chi connectivity index (χ2n) is 7.41. The molecule has 0 saturated carbocycles. The summed E-state index contributed by atoms with van der Waals surface area (Å²) < 4.78 is 26.1. The molecule has 10 heteroatoms. The molecule has 4 heterocycles. The summed E-state index contributed by atoms with van der Waals surface area (Å²) in [5, 5.41) is 8.07. The Labute approximate surface area is 166 Å². The van der Waals surface area contributed by atoms with E-state index in [0.717, 1.165) is 25.6 Å². The first-order valence-corrected chi connectivity index (χ1v) is 9.42. The van der Waals surface area contributed by atoms with Gasteiger partial charge in [0.2, 0.25) is 5.91 Å². The van der Waals surface area contributed by atoms with Crippen molar-refractivity contribution in [3.05, 3.63) is 48.1 Å². The summed E-state index contributed by atoms with van der Waals surface area (Å²) in [4.78, 5) is 33.2. The average Bonchev–Trinajstić information content (AvgIpc) is 3.10. The molecule has 2 atom stereocenters. The number of rotatable bonds is 4. The molecular formula is C19H22F2N6O2. The Morgan fingerprint density at radius 2 is 2.21 bits per heavy atom. The molecule has 4 rings (SSSR count). The predicted octanol–water partition coefficient (Wildman–Crippen LogP) is 1.47. The maximum absolute atomic E-state index is 13.1. The third kappa shape index (κ3) is 4.01. The minimum atomic E-state index is -3.00. The molecule has 0 radical (unpaired) electrons. The van der Waals surface area contributed by atoms with E-state index in [1.807, 2.05) is 0 Å². The van der Waals surface area contributed by atoms with Gasteiger partial charge in [-0.25, -0.2) is 18.6 Å². The van der Waals surface area contributed by atoms with Gasteiger partial charge in [0.15, 0.2) is 0 Å². The van der Waals surface area contributed by atoms with Crippen LogP contribution >= 0.6 is 0 Å². The highest BCUT2D eigenvalue weighted by atomic mass is 19.3. The summed E-state index contributed by atoms with van der Waals surface area (Å²) in [6.07, 6.45) is 5.76. The number of amides is 3. The fraction of sp³-hybridized carbons (Fsp3) is 0.421. The Kier molecular flexibility index (Phi) is 4.85. The van der Waals surface area contributed by atoms with Gasteiger partial charge in [0.05, 0.1) is 18.3 Å². The van der Waals surface area contributed by atoms with Crippen molar-refractivity contribution >= 4 is 17.8 Å². The molecule has 1 aromatic rings. The first-order chi connectivity index (χ1) is 13.8. The SMILES string of the molecule is CC(F)(F)CNC(=O)C1C=CC2=C(N1)N(C(=O)Nc1ccccn1)[C@H]1CCN2C1. The summed E-state index contributed by atoms with van der Waals surface area (Å²) in [7, 11) is 0. The van der Waals surface area contributed by atoms with Gasteiger partial charge in [-0.15, -0.1) is 0 Å². The number of nitrogens with zero attached hydrogens (tertiary/aromatic N) is 3. The zero-order valence-corrected chi connectivity index (χ0v) is 15.9. The van der Waals surface area contributed by atoms with Crippen LogP contribution in [0.5, 0.6) is 0 Å². The summed E-state index contributed by atoms with van der Waals surface area (Å²) >= 11 is 0. The normalized spacial score (nSPS) is 22.9. The number of fused-ring (bicyclic) bond motifs is 3. The number of dihydropyridines is 1. The number of urea groups is 1. The van der Waals surface area contributed by atoms with Crippen molar-refractivity contribution < 1.29 is 18.4 Å². The van der Waals surface area contributed by atoms with Crippen molar-refractivity contribution in [2.75, 3.05) is 25.0 Å². The maximum Gasteiger partial charge on any atom is 0.328 e. The molecule has 29 heavy (non-hydrogen) atoms. The molecule has 3 amide bonds. The second-order valence-corrected chi connectivity index (χ2v) is 7.41. The zero-order valence-electron chi connectivity index (χ0n) is 15.9. The number of carbonyl (C=O) groups excluding carboxylic acids is 2. The average molecular weight is 404 g/mol. The molecule has 0 aromatic carbocycles. The van der Waals surface area contributed by atoms with Crippen LogP contribution in [0.3, 0.4) is 0 Å². The molecule has 0 spiro atoms. The molecule has 2 bridgehead atoms. The number of alkyl halides is 2. The Bertz CT molecular complexity index is 867. The molecule has 1 unspecified atom stereocenters. The topological polar surface area (TPSA) is 89.6 Å². The van der Waals surface area contributed by atoms with E-state index in [-0.39, 0.29) is 12.1 Å². The number of hydrogen-bond acceptors (Lipinski definition) is 5. The molecule has 1 fully saturated rings. The van der Waals surface area contributed by atoms with E-state index < -0.39 is 24.4 Å². The van der Waals surface area contributed by atoms with E-state index in [2.05, 4.69) is 25.8 Å². The summed E-state index contributed by atoms with van der Waals surface area (Å²) in [5.41, 5.74) is 0.805. The van der Waals surface area contributed by atoms with Gasteiger partial charge in [0, 0.05) is 26.2 Å². The van der Waals surface area contributed by atoms with Crippen LogP contribution in [0.1, 0.15) is 13.3 Å². The van der Waals surface area contributed by atoms with E-state index >= 15 is 0 Å². The van der Waals surface area contributed by atoms with Crippen molar-refractivity contribution in [1.82, 2.24) is 25.4 Å². The van der Waals surface area contributed by atoms with Gasteiger partial charge in [-0.1, -0.05) is 12.1 Å². The van der Waals surface area contributed by atoms with Crippen LogP contribution in [-0.2, 0) is 4.79 Å². The molecule has 154 valence electrons. The first-order valence-electron chi connectivity index (χ1n) is 9.42. The second kappa shape index (κ2) is 7.34. The summed E-state index contributed by atoms with van der Waals surface area (Å²) in [5.74, 6) is -2.65. The van der Waals surface area contributed by atoms with Gasteiger partial charge in [0.25, 0.3) is 5.92 Å². The molecule has 8 nitrogen and oxygen atoms in total. The van der Waals surface area contributed by atoms with E-state index in [9.17, 15) is 18.4 Å². The van der Waals surface area contributed by atoms with Crippen LogP contribution in [0.25, 0.3) is 0 Å². The zero-order chi connectivity index (χ0) is 20.6. The Morgan fingerprint density at radius 1 is 1.38 bits per heavy atom. The van der Waals surface area contributed by atoms with Crippen molar-refractivity contribution in [3.63, 3.8) is 0 Å². The lowest BCUT2D eigenvalue weighted by atomic mass is 10.1. The minimum absolute atomic E-state index is 0.0554. The third-order valence-electron chi connectivity index (χ3n) is 5.07. The van der Waals surface area contributed by atoms with Crippen LogP contribution in [0.2, 0.25) is 0 Å². The molecule has 1 saturated heterocycles. The lowest BCUT2D eigenvalue weighted by Crippen LogP contribution is -2.56. The Morgan fingerprint density at radius 3 is 2.93 bits per heavy atom. The third-order valence-corrected chi connectivity index (χ3v) is 5.07. The number of allylic oxidation sites excluding steroid dienone is 1. The van der Waals surface area contributed by atoms with E-state index in [1.165, 1.54) is 0 Å². The monoisotopic (exact) mass is 404 g/mol. The molecule has 1 aromatic heterocycles. The number of nitrogens with one attached hydrogen (secondary N) is 3. The number of halogens is 2. The fourth-order valence-electron chi connectivity index (χ4n) is 3.72. The summed E-state index contributed by atoms with van der Waals surface area (Å²) in [6.45, 7) is 1.48. The van der Waals surface area contributed by atoms with Crippen molar-refractivity contribution in [2.24, 2.45) is 0 Å². The molecule has 0 aliphatic carbocycles. The van der Waals surface area contributed by atoms with Crippen LogP contribution in [0.4, 0.5) is 19.4 Å². The Hall–Kier alpha value is -3.17. The van der Waals surface area contributed by atoms with Gasteiger partial charge in [0.1, 0.15) is 17.7 Å². The first kappa shape index (κ1) is 19.2. The molecule has 3 aliphatic heterocycles. The molecule has 3 N–H and O–H groups in total. The van der Waals surface area contributed by atoms with Gasteiger partial charge < -0.3 is 15.5 Å². The lowest BCUT2D eigenvalue weighted by molar-refractivity contribution is -0.123. The lowest BCUT2D eigenvalue weighted by Gasteiger charge is -2.40. The molecule has 3 aliphatic rings. The van der Waals surface area contributed by atoms with E-state index in [0.29, 0.717) is 18.2 Å². The van der Waals surface area contributed by atoms with Crippen LogP contribution < -0.4 is 16.0 Å². The quantitative estimate of drug-likeness (QED) is 0.707.